The Bertz CT molecular complexity index is 624. The van der Waals surface area contributed by atoms with Gasteiger partial charge in [0.1, 0.15) is 0 Å². The van der Waals surface area contributed by atoms with Gasteiger partial charge >= 0.3 is 0 Å². The standard InChI is InChI=1S/C16H14ClNO/c17-13-6-3-5-12(10-13)14-9-8-11-4-1-2-7-15(11)18-16(14)19/h1-7,10,14H,8-9H2,(H,18,19)/t14-/m0/s1. The van der Waals surface area contributed by atoms with Crippen LogP contribution in [0.15, 0.2) is 48.5 Å². The molecule has 0 saturated heterocycles. The highest BCUT2D eigenvalue weighted by atomic mass is 35.5. The first-order valence-electron chi connectivity index (χ1n) is 6.38. The number of rotatable bonds is 1. The molecule has 2 aromatic carbocycles. The Hall–Kier alpha value is -1.80. The first-order valence-corrected chi connectivity index (χ1v) is 6.76. The van der Waals surface area contributed by atoms with Crippen LogP contribution >= 0.6 is 11.6 Å². The predicted molar refractivity (Wildman–Crippen MR) is 77.6 cm³/mol. The third-order valence-corrected chi connectivity index (χ3v) is 3.78. The van der Waals surface area contributed by atoms with Crippen molar-refractivity contribution in [3.8, 4) is 0 Å². The van der Waals surface area contributed by atoms with Crippen LogP contribution in [-0.4, -0.2) is 5.91 Å². The van der Waals surface area contributed by atoms with Crippen molar-refractivity contribution >= 4 is 23.2 Å². The average Bonchev–Trinajstić information content (AvgIpc) is 2.57. The number of nitrogens with one attached hydrogen (secondary N) is 1. The van der Waals surface area contributed by atoms with Crippen LogP contribution in [0.2, 0.25) is 5.02 Å². The first-order chi connectivity index (χ1) is 9.24. The Balaban J connectivity index is 1.93. The van der Waals surface area contributed by atoms with Gasteiger partial charge in [-0.1, -0.05) is 41.9 Å². The summed E-state index contributed by atoms with van der Waals surface area (Å²) >= 11 is 6.01. The number of fused-ring (bicyclic) bond motifs is 1. The minimum atomic E-state index is -0.133. The quantitative estimate of drug-likeness (QED) is 0.834. The zero-order chi connectivity index (χ0) is 13.2. The molecule has 0 fully saturated rings. The molecule has 0 aliphatic carbocycles. The van der Waals surface area contributed by atoms with Crippen molar-refractivity contribution in [3.63, 3.8) is 0 Å². The molecule has 2 nitrogen and oxygen atoms in total. The van der Waals surface area contributed by atoms with Crippen LogP contribution in [0.25, 0.3) is 0 Å². The van der Waals surface area contributed by atoms with E-state index in [1.165, 1.54) is 5.56 Å². The van der Waals surface area contributed by atoms with E-state index >= 15 is 0 Å². The molecule has 1 aliphatic heterocycles. The molecule has 1 atom stereocenters. The van der Waals surface area contributed by atoms with Gasteiger partial charge in [0.2, 0.25) is 5.91 Å². The molecule has 1 N–H and O–H groups in total. The topological polar surface area (TPSA) is 29.1 Å². The second-order valence-corrected chi connectivity index (χ2v) is 5.23. The van der Waals surface area contributed by atoms with Gasteiger partial charge in [0.25, 0.3) is 0 Å². The van der Waals surface area contributed by atoms with Gasteiger partial charge in [0.15, 0.2) is 0 Å². The number of benzene rings is 2. The van der Waals surface area contributed by atoms with E-state index in [1.54, 1.807) is 0 Å². The molecule has 0 saturated carbocycles. The summed E-state index contributed by atoms with van der Waals surface area (Å²) < 4.78 is 0. The maximum atomic E-state index is 12.3. The molecule has 1 amide bonds. The van der Waals surface area contributed by atoms with Crippen molar-refractivity contribution in [2.24, 2.45) is 0 Å². The van der Waals surface area contributed by atoms with Crippen molar-refractivity contribution in [1.82, 2.24) is 0 Å². The maximum absolute atomic E-state index is 12.3. The van der Waals surface area contributed by atoms with Gasteiger partial charge < -0.3 is 5.32 Å². The molecule has 1 aliphatic rings. The lowest BCUT2D eigenvalue weighted by atomic mass is 9.93. The second-order valence-electron chi connectivity index (χ2n) is 4.79. The largest absolute Gasteiger partial charge is 0.325 e. The summed E-state index contributed by atoms with van der Waals surface area (Å²) in [6.07, 6.45) is 1.70. The smallest absolute Gasteiger partial charge is 0.231 e. The van der Waals surface area contributed by atoms with E-state index in [9.17, 15) is 4.79 Å². The third-order valence-electron chi connectivity index (χ3n) is 3.55. The molecular weight excluding hydrogens is 258 g/mol. The van der Waals surface area contributed by atoms with Crippen LogP contribution in [0, 0.1) is 0 Å². The van der Waals surface area contributed by atoms with E-state index in [2.05, 4.69) is 11.4 Å². The SMILES string of the molecule is O=C1Nc2ccccc2CC[C@H]1c1cccc(Cl)c1. The van der Waals surface area contributed by atoms with Crippen molar-refractivity contribution in [2.45, 2.75) is 18.8 Å². The van der Waals surface area contributed by atoms with Crippen LogP contribution < -0.4 is 5.32 Å². The van der Waals surface area contributed by atoms with Crippen LogP contribution in [-0.2, 0) is 11.2 Å². The molecule has 2 aromatic rings. The summed E-state index contributed by atoms with van der Waals surface area (Å²) in [6, 6.07) is 15.5. The fourth-order valence-electron chi connectivity index (χ4n) is 2.55. The molecular formula is C16H14ClNO. The zero-order valence-corrected chi connectivity index (χ0v) is 11.2. The van der Waals surface area contributed by atoms with Crippen molar-refractivity contribution in [2.75, 3.05) is 5.32 Å². The third kappa shape index (κ3) is 2.49. The second kappa shape index (κ2) is 5.06. The summed E-state index contributed by atoms with van der Waals surface area (Å²) in [5.41, 5.74) is 3.11. The summed E-state index contributed by atoms with van der Waals surface area (Å²) in [6.45, 7) is 0. The highest BCUT2D eigenvalue weighted by Crippen LogP contribution is 2.30. The monoisotopic (exact) mass is 271 g/mol. The maximum Gasteiger partial charge on any atom is 0.231 e. The van der Waals surface area contributed by atoms with Crippen LogP contribution in [0.3, 0.4) is 0 Å². The highest BCUT2D eigenvalue weighted by molar-refractivity contribution is 6.30. The van der Waals surface area contributed by atoms with Crippen LogP contribution in [0.5, 0.6) is 0 Å². The summed E-state index contributed by atoms with van der Waals surface area (Å²) in [7, 11) is 0. The Labute approximate surface area is 117 Å². The number of para-hydroxylation sites is 1. The molecule has 0 aromatic heterocycles. The van der Waals surface area contributed by atoms with Gasteiger partial charge in [-0.3, -0.25) is 4.79 Å². The van der Waals surface area contributed by atoms with Crippen molar-refractivity contribution in [1.29, 1.82) is 0 Å². The molecule has 3 heteroatoms. The van der Waals surface area contributed by atoms with Crippen molar-refractivity contribution < 1.29 is 4.79 Å². The molecule has 19 heavy (non-hydrogen) atoms. The first kappa shape index (κ1) is 12.2. The minimum Gasteiger partial charge on any atom is -0.325 e. The highest BCUT2D eigenvalue weighted by Gasteiger charge is 2.24. The molecule has 96 valence electrons. The van der Waals surface area contributed by atoms with Gasteiger partial charge in [-0.25, -0.2) is 0 Å². The number of hydrogen-bond donors (Lipinski definition) is 1. The van der Waals surface area contributed by atoms with E-state index in [1.807, 2.05) is 42.5 Å². The van der Waals surface area contributed by atoms with Gasteiger partial charge in [-0.15, -0.1) is 0 Å². The number of aryl methyl sites for hydroxylation is 1. The van der Waals surface area contributed by atoms with Gasteiger partial charge in [-0.05, 0) is 42.2 Å². The van der Waals surface area contributed by atoms with E-state index < -0.39 is 0 Å². The molecule has 1 heterocycles. The van der Waals surface area contributed by atoms with E-state index in [0.717, 1.165) is 24.1 Å². The van der Waals surface area contributed by atoms with Gasteiger partial charge in [-0.2, -0.15) is 0 Å². The van der Waals surface area contributed by atoms with E-state index in [-0.39, 0.29) is 11.8 Å². The van der Waals surface area contributed by atoms with E-state index in [0.29, 0.717) is 5.02 Å². The summed E-state index contributed by atoms with van der Waals surface area (Å²) in [5, 5.41) is 3.68. The van der Waals surface area contributed by atoms with Gasteiger partial charge in [0, 0.05) is 10.7 Å². The lowest BCUT2D eigenvalue weighted by Crippen LogP contribution is -2.19. The number of hydrogen-bond acceptors (Lipinski definition) is 1. The molecule has 3 rings (SSSR count). The number of amides is 1. The molecule has 0 bridgehead atoms. The Morgan fingerprint density at radius 1 is 1.11 bits per heavy atom. The van der Waals surface area contributed by atoms with Crippen LogP contribution in [0.1, 0.15) is 23.5 Å². The predicted octanol–water partition coefficient (Wildman–Crippen LogP) is 4.01. The van der Waals surface area contributed by atoms with Gasteiger partial charge in [0.05, 0.1) is 5.92 Å². The number of halogens is 1. The van der Waals surface area contributed by atoms with Crippen molar-refractivity contribution in [3.05, 3.63) is 64.7 Å². The van der Waals surface area contributed by atoms with E-state index in [4.69, 9.17) is 11.6 Å². The number of carbonyl (C=O) groups is 1. The molecule has 0 spiro atoms. The average molecular weight is 272 g/mol. The Morgan fingerprint density at radius 3 is 2.79 bits per heavy atom. The minimum absolute atomic E-state index is 0.0483. The lowest BCUT2D eigenvalue weighted by Gasteiger charge is -2.13. The fraction of sp³-hybridized carbons (Fsp3) is 0.188. The summed E-state index contributed by atoms with van der Waals surface area (Å²) in [5.74, 6) is -0.0849. The van der Waals surface area contributed by atoms with Crippen LogP contribution in [0.4, 0.5) is 5.69 Å². The zero-order valence-electron chi connectivity index (χ0n) is 10.4. The number of carbonyl (C=O) groups excluding carboxylic acids is 1. The Kier molecular flexibility index (Phi) is 3.26. The Morgan fingerprint density at radius 2 is 1.95 bits per heavy atom. The normalized spacial score (nSPS) is 18.4. The molecule has 0 unspecified atom stereocenters. The fourth-order valence-corrected chi connectivity index (χ4v) is 2.75. The molecule has 0 radical (unpaired) electrons. The number of anilines is 1. The lowest BCUT2D eigenvalue weighted by molar-refractivity contribution is -0.117. The summed E-state index contributed by atoms with van der Waals surface area (Å²) in [4.78, 5) is 12.3.